The summed E-state index contributed by atoms with van der Waals surface area (Å²) in [5.74, 6) is 1.96. The number of hydrogen-bond acceptors (Lipinski definition) is 7. The lowest BCUT2D eigenvalue weighted by Crippen LogP contribution is -2.42. The summed E-state index contributed by atoms with van der Waals surface area (Å²) in [4.78, 5) is 17.0. The van der Waals surface area contributed by atoms with Crippen molar-refractivity contribution in [3.05, 3.63) is 42.5 Å². The first-order valence-electron chi connectivity index (χ1n) is 11.5. The van der Waals surface area contributed by atoms with Gasteiger partial charge >= 0.3 is 0 Å². The molecule has 178 valence electrons. The molecular weight excluding hydrogens is 422 g/mol. The molecule has 2 aliphatic heterocycles. The average molecular weight is 456 g/mol. The molecule has 0 radical (unpaired) electrons. The molecule has 8 heteroatoms. The summed E-state index contributed by atoms with van der Waals surface area (Å²) in [5.41, 5.74) is 1.98. The zero-order valence-electron chi connectivity index (χ0n) is 19.4. The Kier molecular flexibility index (Phi) is 7.91. The molecule has 2 heterocycles. The van der Waals surface area contributed by atoms with Crippen molar-refractivity contribution in [2.45, 2.75) is 18.9 Å². The van der Waals surface area contributed by atoms with Crippen LogP contribution in [0.15, 0.2) is 42.5 Å². The zero-order valence-corrected chi connectivity index (χ0v) is 19.4. The first kappa shape index (κ1) is 23.2. The minimum atomic E-state index is -0.000103. The maximum Gasteiger partial charge on any atom is 0.238 e. The highest BCUT2D eigenvalue weighted by atomic mass is 16.5. The maximum absolute atomic E-state index is 12.6. The van der Waals surface area contributed by atoms with Gasteiger partial charge in [0, 0.05) is 37.6 Å². The lowest BCUT2D eigenvalue weighted by atomic mass is 10.1. The van der Waals surface area contributed by atoms with E-state index in [-0.39, 0.29) is 12.0 Å². The molecule has 0 bridgehead atoms. The van der Waals surface area contributed by atoms with Gasteiger partial charge in [0.25, 0.3) is 0 Å². The fourth-order valence-electron chi connectivity index (χ4n) is 4.27. The number of piperidine rings is 1. The fraction of sp³-hybridized carbons (Fsp3) is 0.480. The molecule has 2 aromatic carbocycles. The topological polar surface area (TPSA) is 72.5 Å². The second-order valence-corrected chi connectivity index (χ2v) is 8.28. The maximum atomic E-state index is 12.6. The number of carbonyl (C=O) groups excluding carboxylic acids is 1. The molecule has 4 rings (SSSR count). The Bertz CT molecular complexity index is 885. The Hall–Kier alpha value is -2.97. The summed E-state index contributed by atoms with van der Waals surface area (Å²) in [6, 6.07) is 13.6. The Morgan fingerprint density at radius 2 is 1.61 bits per heavy atom. The van der Waals surface area contributed by atoms with Crippen molar-refractivity contribution in [2.75, 3.05) is 70.4 Å². The van der Waals surface area contributed by atoms with Crippen LogP contribution in [0.1, 0.15) is 12.8 Å². The van der Waals surface area contributed by atoms with E-state index in [0.29, 0.717) is 23.8 Å². The van der Waals surface area contributed by atoms with Gasteiger partial charge in [-0.3, -0.25) is 9.69 Å². The monoisotopic (exact) mass is 455 g/mol. The van der Waals surface area contributed by atoms with E-state index in [1.165, 1.54) is 0 Å². The number of hydrogen-bond donors (Lipinski definition) is 1. The molecule has 2 aliphatic rings. The van der Waals surface area contributed by atoms with Gasteiger partial charge < -0.3 is 29.2 Å². The number of carbonyl (C=O) groups is 1. The predicted molar refractivity (Wildman–Crippen MR) is 128 cm³/mol. The lowest BCUT2D eigenvalue weighted by Gasteiger charge is -2.32. The van der Waals surface area contributed by atoms with E-state index in [0.717, 1.165) is 63.6 Å². The van der Waals surface area contributed by atoms with Crippen LogP contribution in [-0.4, -0.2) is 77.1 Å². The molecule has 2 aromatic rings. The quantitative estimate of drug-likeness (QED) is 0.656. The van der Waals surface area contributed by atoms with Gasteiger partial charge in [0.05, 0.1) is 34.0 Å². The summed E-state index contributed by atoms with van der Waals surface area (Å²) in [6.07, 6.45) is 1.73. The second-order valence-electron chi connectivity index (χ2n) is 8.28. The molecule has 0 spiro atoms. The number of morpholine rings is 1. The van der Waals surface area contributed by atoms with Crippen molar-refractivity contribution in [2.24, 2.45) is 0 Å². The first-order valence-corrected chi connectivity index (χ1v) is 11.5. The van der Waals surface area contributed by atoms with Gasteiger partial charge in [-0.2, -0.15) is 0 Å². The molecule has 0 aromatic heterocycles. The number of anilines is 2. The summed E-state index contributed by atoms with van der Waals surface area (Å²) in [5, 5.41) is 3.01. The van der Waals surface area contributed by atoms with E-state index in [1.807, 2.05) is 30.3 Å². The van der Waals surface area contributed by atoms with Crippen LogP contribution in [-0.2, 0) is 9.53 Å². The van der Waals surface area contributed by atoms with Gasteiger partial charge in [0.15, 0.2) is 11.5 Å². The van der Waals surface area contributed by atoms with Crippen LogP contribution in [0.4, 0.5) is 11.4 Å². The van der Waals surface area contributed by atoms with E-state index >= 15 is 0 Å². The summed E-state index contributed by atoms with van der Waals surface area (Å²) in [6.45, 7) is 5.27. The lowest BCUT2D eigenvalue weighted by molar-refractivity contribution is -0.117. The van der Waals surface area contributed by atoms with Gasteiger partial charge in [-0.15, -0.1) is 0 Å². The van der Waals surface area contributed by atoms with E-state index in [4.69, 9.17) is 18.9 Å². The Morgan fingerprint density at radius 1 is 0.970 bits per heavy atom. The Labute approximate surface area is 195 Å². The molecule has 0 unspecified atom stereocenters. The second kappa shape index (κ2) is 11.2. The highest BCUT2D eigenvalue weighted by molar-refractivity contribution is 5.92. The average Bonchev–Trinajstić information content (AvgIpc) is 2.86. The van der Waals surface area contributed by atoms with Crippen molar-refractivity contribution in [1.82, 2.24) is 4.90 Å². The predicted octanol–water partition coefficient (Wildman–Crippen LogP) is 3.02. The number of nitrogens with one attached hydrogen (secondary N) is 1. The number of amides is 1. The van der Waals surface area contributed by atoms with E-state index in [9.17, 15) is 4.79 Å². The Balaban J connectivity index is 1.23. The summed E-state index contributed by atoms with van der Waals surface area (Å²) < 4.78 is 22.5. The fourth-order valence-corrected chi connectivity index (χ4v) is 4.27. The number of ether oxygens (including phenoxy) is 4. The van der Waals surface area contributed by atoms with Crippen LogP contribution in [0.3, 0.4) is 0 Å². The summed E-state index contributed by atoms with van der Waals surface area (Å²) in [7, 11) is 3.25. The smallest absolute Gasteiger partial charge is 0.238 e. The van der Waals surface area contributed by atoms with Crippen molar-refractivity contribution >= 4 is 17.3 Å². The normalized spacial score (nSPS) is 17.5. The minimum absolute atomic E-state index is 0.000103. The van der Waals surface area contributed by atoms with E-state index in [1.54, 1.807) is 14.2 Å². The standard InChI is InChI=1S/C25H33N3O5/c1-30-22-4-3-5-23(31-2)25(22)33-21-10-12-27(13-11-21)18-24(29)26-19-6-8-20(9-7-19)28-14-16-32-17-15-28/h3-9,21H,10-18H2,1-2H3,(H,26,29). The van der Waals surface area contributed by atoms with Gasteiger partial charge in [0.2, 0.25) is 11.7 Å². The number of methoxy groups -OCH3 is 2. The van der Waals surface area contributed by atoms with Gasteiger partial charge in [-0.25, -0.2) is 0 Å². The van der Waals surface area contributed by atoms with Crippen LogP contribution in [0.2, 0.25) is 0 Å². The molecule has 0 aliphatic carbocycles. The molecule has 1 amide bonds. The first-order chi connectivity index (χ1) is 16.2. The number of rotatable bonds is 8. The van der Waals surface area contributed by atoms with Gasteiger partial charge in [-0.05, 0) is 49.2 Å². The zero-order chi connectivity index (χ0) is 23.0. The van der Waals surface area contributed by atoms with Crippen LogP contribution in [0.5, 0.6) is 17.2 Å². The third-order valence-electron chi connectivity index (χ3n) is 6.10. The minimum Gasteiger partial charge on any atom is -0.493 e. The molecule has 0 saturated carbocycles. The Morgan fingerprint density at radius 3 is 2.21 bits per heavy atom. The number of nitrogens with zero attached hydrogens (tertiary/aromatic N) is 2. The van der Waals surface area contributed by atoms with Gasteiger partial charge in [0.1, 0.15) is 6.10 Å². The highest BCUT2D eigenvalue weighted by Crippen LogP contribution is 2.38. The molecule has 8 nitrogen and oxygen atoms in total. The summed E-state index contributed by atoms with van der Waals surface area (Å²) >= 11 is 0. The molecule has 2 fully saturated rings. The molecule has 1 N–H and O–H groups in total. The van der Waals surface area contributed by atoms with Crippen molar-refractivity contribution < 1.29 is 23.7 Å². The molecule has 0 atom stereocenters. The molecule has 33 heavy (non-hydrogen) atoms. The van der Waals surface area contributed by atoms with Crippen LogP contribution < -0.4 is 24.4 Å². The number of benzene rings is 2. The molecule has 2 saturated heterocycles. The van der Waals surface area contributed by atoms with Crippen LogP contribution >= 0.6 is 0 Å². The van der Waals surface area contributed by atoms with Crippen molar-refractivity contribution in [3.8, 4) is 17.2 Å². The van der Waals surface area contributed by atoms with Crippen LogP contribution in [0.25, 0.3) is 0 Å². The number of para-hydroxylation sites is 1. The third-order valence-corrected chi connectivity index (χ3v) is 6.10. The third kappa shape index (κ3) is 6.09. The van der Waals surface area contributed by atoms with Crippen LogP contribution in [0, 0.1) is 0 Å². The SMILES string of the molecule is COc1cccc(OC)c1OC1CCN(CC(=O)Nc2ccc(N3CCOCC3)cc2)CC1. The number of likely N-dealkylation sites (tertiary alicyclic amines) is 1. The highest BCUT2D eigenvalue weighted by Gasteiger charge is 2.24. The largest absolute Gasteiger partial charge is 0.493 e. The van der Waals surface area contributed by atoms with Crippen molar-refractivity contribution in [1.29, 1.82) is 0 Å². The van der Waals surface area contributed by atoms with Gasteiger partial charge in [-0.1, -0.05) is 6.07 Å². The van der Waals surface area contributed by atoms with Crippen molar-refractivity contribution in [3.63, 3.8) is 0 Å². The van der Waals surface area contributed by atoms with E-state index < -0.39 is 0 Å². The molecular formula is C25H33N3O5. The van der Waals surface area contributed by atoms with E-state index in [2.05, 4.69) is 27.2 Å².